The van der Waals surface area contributed by atoms with Gasteiger partial charge in [-0.05, 0) is 58.5 Å². The van der Waals surface area contributed by atoms with Crippen LogP contribution in [0.25, 0.3) is 17.2 Å². The minimum absolute atomic E-state index is 0.0237. The number of cyclic esters (lactones) is 1. The van der Waals surface area contributed by atoms with Crippen molar-refractivity contribution in [1.29, 1.82) is 0 Å². The number of carbonyl (C=O) groups is 1. The first-order valence-electron chi connectivity index (χ1n) is 10.5. The molecule has 2 aromatic carbocycles. The van der Waals surface area contributed by atoms with Gasteiger partial charge in [0, 0.05) is 13.5 Å². The van der Waals surface area contributed by atoms with Crippen molar-refractivity contribution in [3.63, 3.8) is 0 Å². The van der Waals surface area contributed by atoms with Crippen molar-refractivity contribution in [3.05, 3.63) is 59.4 Å². The molecule has 1 fully saturated rings. The van der Waals surface area contributed by atoms with Crippen LogP contribution in [-0.4, -0.2) is 43.6 Å². The van der Waals surface area contributed by atoms with E-state index in [1.807, 2.05) is 18.2 Å². The number of ether oxygens (including phenoxy) is 3. The third-order valence-electron chi connectivity index (χ3n) is 5.19. The van der Waals surface area contributed by atoms with Crippen molar-refractivity contribution in [3.8, 4) is 16.9 Å². The van der Waals surface area contributed by atoms with E-state index in [4.69, 9.17) is 14.2 Å². The molecule has 1 aliphatic heterocycles. The number of aliphatic hydroxyl groups is 1. The fourth-order valence-electron chi connectivity index (χ4n) is 3.64. The average Bonchev–Trinajstić information content (AvgIpc) is 2.72. The lowest BCUT2D eigenvalue weighted by Crippen LogP contribution is -2.31. The summed E-state index contributed by atoms with van der Waals surface area (Å²) >= 11 is 0. The summed E-state index contributed by atoms with van der Waals surface area (Å²) in [6, 6.07) is 10.2. The van der Waals surface area contributed by atoms with Gasteiger partial charge in [-0.15, -0.1) is 0 Å². The van der Waals surface area contributed by atoms with Gasteiger partial charge in [-0.25, -0.2) is 4.39 Å². The predicted octanol–water partition coefficient (Wildman–Crippen LogP) is 4.72. The van der Waals surface area contributed by atoms with Gasteiger partial charge in [-0.3, -0.25) is 4.79 Å². The molecule has 1 N–H and O–H groups in total. The number of benzene rings is 2. The zero-order chi connectivity index (χ0) is 22.4. The molecule has 0 spiro atoms. The Kier molecular flexibility index (Phi) is 7.82. The van der Waals surface area contributed by atoms with Gasteiger partial charge in [0.25, 0.3) is 0 Å². The largest absolute Gasteiger partial charge is 0.491 e. The van der Waals surface area contributed by atoms with Gasteiger partial charge in [0.1, 0.15) is 24.3 Å². The molecule has 0 amide bonds. The summed E-state index contributed by atoms with van der Waals surface area (Å²) in [5, 5.41) is 9.89. The molecule has 0 saturated carbocycles. The summed E-state index contributed by atoms with van der Waals surface area (Å²) < 4.78 is 29.8. The van der Waals surface area contributed by atoms with Gasteiger partial charge in [0.2, 0.25) is 0 Å². The molecule has 3 rings (SSSR count). The number of hydrogen-bond acceptors (Lipinski definition) is 5. The normalized spacial score (nSPS) is 19.1. The van der Waals surface area contributed by atoms with Gasteiger partial charge in [-0.2, -0.15) is 0 Å². The van der Waals surface area contributed by atoms with Crippen LogP contribution in [0.15, 0.2) is 42.5 Å². The molecule has 6 heteroatoms. The van der Waals surface area contributed by atoms with Crippen molar-refractivity contribution in [2.24, 2.45) is 0 Å². The summed E-state index contributed by atoms with van der Waals surface area (Å²) in [7, 11) is 1.62. The highest BCUT2D eigenvalue weighted by molar-refractivity contribution is 5.79. The minimum Gasteiger partial charge on any atom is -0.491 e. The fraction of sp³-hybridized carbons (Fsp3) is 0.400. The summed E-state index contributed by atoms with van der Waals surface area (Å²) in [6.45, 7) is 5.07. The van der Waals surface area contributed by atoms with Crippen molar-refractivity contribution in [2.45, 2.75) is 44.8 Å². The second-order valence-corrected chi connectivity index (χ2v) is 7.96. The van der Waals surface area contributed by atoms with Crippen molar-refractivity contribution >= 4 is 12.0 Å². The van der Waals surface area contributed by atoms with Gasteiger partial charge in [-0.1, -0.05) is 32.1 Å². The van der Waals surface area contributed by atoms with E-state index in [9.17, 15) is 14.3 Å². The van der Waals surface area contributed by atoms with Crippen LogP contribution in [0.2, 0.25) is 0 Å². The molecule has 31 heavy (non-hydrogen) atoms. The Balaban J connectivity index is 2.04. The van der Waals surface area contributed by atoms with E-state index >= 15 is 0 Å². The maximum atomic E-state index is 13.5. The average molecular weight is 429 g/mol. The third-order valence-corrected chi connectivity index (χ3v) is 5.19. The zero-order valence-electron chi connectivity index (χ0n) is 18.1. The van der Waals surface area contributed by atoms with E-state index < -0.39 is 18.2 Å². The summed E-state index contributed by atoms with van der Waals surface area (Å²) in [5.74, 6) is 0.180. The molecule has 2 aromatic rings. The molecule has 2 atom stereocenters. The fourth-order valence-corrected chi connectivity index (χ4v) is 3.64. The number of carbonyl (C=O) groups excluding carboxylic acids is 1. The molecule has 0 radical (unpaired) electrons. The van der Waals surface area contributed by atoms with Crippen LogP contribution < -0.4 is 4.74 Å². The molecule has 1 heterocycles. The number of rotatable bonds is 8. The standard InChI is InChI=1S/C25H29FO5/c1-16(2)23-14-21(30-11-10-29-3)15-24(17-4-6-18(26)7-5-17)22(23)9-8-20-12-19(27)13-25(28)31-20/h4-9,14-16,19-20,27H,10-13H2,1-3H3/b9-8+/t19-,20-/m1/s1. The van der Waals surface area contributed by atoms with Crippen molar-refractivity contribution in [2.75, 3.05) is 20.3 Å². The first kappa shape index (κ1) is 23.0. The van der Waals surface area contributed by atoms with E-state index in [0.717, 1.165) is 22.3 Å². The van der Waals surface area contributed by atoms with E-state index in [2.05, 4.69) is 13.8 Å². The lowest BCUT2D eigenvalue weighted by Gasteiger charge is -2.24. The van der Waals surface area contributed by atoms with E-state index in [1.165, 1.54) is 12.1 Å². The molecule has 1 saturated heterocycles. The number of methoxy groups -OCH3 is 1. The molecule has 166 valence electrons. The molecule has 0 aliphatic carbocycles. The molecule has 5 nitrogen and oxygen atoms in total. The minimum atomic E-state index is -0.700. The third kappa shape index (κ3) is 6.15. The van der Waals surface area contributed by atoms with Crippen LogP contribution in [0.4, 0.5) is 4.39 Å². The molecule has 0 unspecified atom stereocenters. The predicted molar refractivity (Wildman–Crippen MR) is 117 cm³/mol. The van der Waals surface area contributed by atoms with E-state index in [1.54, 1.807) is 25.3 Å². The first-order chi connectivity index (χ1) is 14.9. The van der Waals surface area contributed by atoms with Crippen molar-refractivity contribution in [1.82, 2.24) is 0 Å². The van der Waals surface area contributed by atoms with Crippen LogP contribution in [0, 0.1) is 5.82 Å². The topological polar surface area (TPSA) is 65.0 Å². The smallest absolute Gasteiger partial charge is 0.309 e. The zero-order valence-corrected chi connectivity index (χ0v) is 18.1. The van der Waals surface area contributed by atoms with E-state index in [0.29, 0.717) is 25.4 Å². The quantitative estimate of drug-likeness (QED) is 0.487. The monoisotopic (exact) mass is 428 g/mol. The molecule has 0 bridgehead atoms. The van der Waals surface area contributed by atoms with Gasteiger partial charge >= 0.3 is 5.97 Å². The van der Waals surface area contributed by atoms with Crippen LogP contribution >= 0.6 is 0 Å². The Bertz CT molecular complexity index is 920. The Morgan fingerprint density at radius 3 is 2.61 bits per heavy atom. The van der Waals surface area contributed by atoms with Gasteiger partial charge < -0.3 is 19.3 Å². The summed E-state index contributed by atoms with van der Waals surface area (Å²) in [6.07, 6.45) is 2.92. The number of esters is 1. The highest BCUT2D eigenvalue weighted by Crippen LogP contribution is 2.36. The van der Waals surface area contributed by atoms with Gasteiger partial charge in [0.15, 0.2) is 0 Å². The second-order valence-electron chi connectivity index (χ2n) is 7.96. The van der Waals surface area contributed by atoms with Crippen LogP contribution in [0.3, 0.4) is 0 Å². The van der Waals surface area contributed by atoms with Gasteiger partial charge in [0.05, 0.1) is 19.1 Å². The maximum Gasteiger partial charge on any atom is 0.309 e. The Morgan fingerprint density at radius 2 is 1.97 bits per heavy atom. The van der Waals surface area contributed by atoms with Crippen LogP contribution in [0.5, 0.6) is 5.75 Å². The Morgan fingerprint density at radius 1 is 1.23 bits per heavy atom. The SMILES string of the molecule is COCCOc1cc(-c2ccc(F)cc2)c(/C=C/[C@@H]2C[C@@H](O)CC(=O)O2)c(C(C)C)c1. The summed E-state index contributed by atoms with van der Waals surface area (Å²) in [4.78, 5) is 11.7. The Labute approximate surface area is 182 Å². The molecule has 1 aliphatic rings. The molecule has 0 aromatic heterocycles. The molecular weight excluding hydrogens is 399 g/mol. The summed E-state index contributed by atoms with van der Waals surface area (Å²) in [5.41, 5.74) is 3.73. The maximum absolute atomic E-state index is 13.5. The highest BCUT2D eigenvalue weighted by atomic mass is 19.1. The number of halogens is 1. The number of hydrogen-bond donors (Lipinski definition) is 1. The lowest BCUT2D eigenvalue weighted by molar-refractivity contribution is -0.156. The van der Waals surface area contributed by atoms with E-state index in [-0.39, 0.29) is 18.2 Å². The van der Waals surface area contributed by atoms with Crippen LogP contribution in [0.1, 0.15) is 43.7 Å². The highest BCUT2D eigenvalue weighted by Gasteiger charge is 2.25. The lowest BCUT2D eigenvalue weighted by atomic mass is 9.89. The second kappa shape index (κ2) is 10.6. The Hall–Kier alpha value is -2.70. The van der Waals surface area contributed by atoms with Crippen LogP contribution in [-0.2, 0) is 14.3 Å². The first-order valence-corrected chi connectivity index (χ1v) is 10.5. The van der Waals surface area contributed by atoms with Crippen molar-refractivity contribution < 1.29 is 28.5 Å². The molecular formula is C25H29FO5. The number of aliphatic hydroxyl groups excluding tert-OH is 1.